The first-order valence-corrected chi connectivity index (χ1v) is 10.9. The van der Waals surface area contributed by atoms with Crippen molar-refractivity contribution < 1.29 is 9.59 Å². The lowest BCUT2D eigenvalue weighted by molar-refractivity contribution is -0.141. The van der Waals surface area contributed by atoms with E-state index in [1.165, 1.54) is 32.1 Å². The van der Waals surface area contributed by atoms with Gasteiger partial charge >= 0.3 is 0 Å². The Morgan fingerprint density at radius 2 is 1.62 bits per heavy atom. The van der Waals surface area contributed by atoms with Crippen LogP contribution in [0.1, 0.15) is 72.1 Å². The van der Waals surface area contributed by atoms with Gasteiger partial charge in [0.25, 0.3) is 0 Å². The van der Waals surface area contributed by atoms with E-state index >= 15 is 0 Å². The Labute approximate surface area is 154 Å². The predicted octanol–water partition coefficient (Wildman–Crippen LogP) is 5.18. The molecular formula is C21H31BrO2. The van der Waals surface area contributed by atoms with Gasteiger partial charge in [-0.25, -0.2) is 0 Å². The fraction of sp³-hybridized carbons (Fsp3) is 0.905. The first kappa shape index (κ1) is 17.2. The van der Waals surface area contributed by atoms with Crippen molar-refractivity contribution in [3.8, 4) is 0 Å². The van der Waals surface area contributed by atoms with Crippen molar-refractivity contribution in [1.29, 1.82) is 0 Å². The standard InChI is InChI=1S/C21H31BrO2/c1-12(23)14-6-7-15-13-4-5-17-19(22)18(24)9-11-21(17,3)16(13)8-10-20(14,15)2/h13-17,19H,4-11H2,1-3H3. The third kappa shape index (κ3) is 2.18. The molecule has 2 nitrogen and oxygen atoms in total. The summed E-state index contributed by atoms with van der Waals surface area (Å²) < 4.78 is 0. The minimum Gasteiger partial charge on any atom is -0.300 e. The van der Waals surface area contributed by atoms with Crippen LogP contribution < -0.4 is 0 Å². The fourth-order valence-corrected chi connectivity index (χ4v) is 8.86. The number of fused-ring (bicyclic) bond motifs is 5. The number of halogens is 1. The van der Waals surface area contributed by atoms with Crippen LogP contribution >= 0.6 is 15.9 Å². The summed E-state index contributed by atoms with van der Waals surface area (Å²) in [6.07, 6.45) is 9.14. The van der Waals surface area contributed by atoms with Crippen LogP contribution in [0.25, 0.3) is 0 Å². The van der Waals surface area contributed by atoms with Crippen molar-refractivity contribution in [2.75, 3.05) is 0 Å². The number of ketones is 2. The van der Waals surface area contributed by atoms with E-state index in [4.69, 9.17) is 0 Å². The molecule has 4 fully saturated rings. The number of rotatable bonds is 1. The topological polar surface area (TPSA) is 34.1 Å². The van der Waals surface area contributed by atoms with E-state index in [0.29, 0.717) is 28.8 Å². The Hall–Kier alpha value is -0.180. The zero-order chi connectivity index (χ0) is 17.3. The minimum absolute atomic E-state index is 0.0825. The number of carbonyl (C=O) groups excluding carboxylic acids is 2. The maximum absolute atomic E-state index is 12.2. The molecule has 0 saturated heterocycles. The quantitative estimate of drug-likeness (QED) is 0.574. The smallest absolute Gasteiger partial charge is 0.146 e. The molecule has 24 heavy (non-hydrogen) atoms. The summed E-state index contributed by atoms with van der Waals surface area (Å²) in [5, 5.41) is 0. The van der Waals surface area contributed by atoms with Crippen molar-refractivity contribution in [3.63, 3.8) is 0 Å². The van der Waals surface area contributed by atoms with Crippen LogP contribution in [0.5, 0.6) is 0 Å². The second-order valence-electron chi connectivity index (χ2n) is 9.72. The van der Waals surface area contributed by atoms with Crippen LogP contribution in [-0.2, 0) is 9.59 Å². The van der Waals surface area contributed by atoms with Gasteiger partial charge in [-0.15, -0.1) is 0 Å². The van der Waals surface area contributed by atoms with Crippen molar-refractivity contribution in [3.05, 3.63) is 0 Å². The Kier molecular flexibility index (Phi) is 4.07. The molecule has 0 radical (unpaired) electrons. The van der Waals surface area contributed by atoms with Gasteiger partial charge in [-0.2, -0.15) is 0 Å². The molecular weight excluding hydrogens is 364 g/mol. The minimum atomic E-state index is 0.0825. The van der Waals surface area contributed by atoms with E-state index in [1.807, 2.05) is 6.92 Å². The third-order valence-electron chi connectivity index (χ3n) is 9.00. The van der Waals surface area contributed by atoms with Gasteiger partial charge in [-0.05, 0) is 86.4 Å². The van der Waals surface area contributed by atoms with E-state index in [1.54, 1.807) is 0 Å². The second kappa shape index (κ2) is 5.66. The lowest BCUT2D eigenvalue weighted by Crippen LogP contribution is -2.56. The van der Waals surface area contributed by atoms with Crippen LogP contribution in [-0.4, -0.2) is 16.4 Å². The molecule has 4 aliphatic carbocycles. The van der Waals surface area contributed by atoms with Crippen LogP contribution in [0.3, 0.4) is 0 Å². The molecule has 3 heteroatoms. The van der Waals surface area contributed by atoms with Gasteiger partial charge in [0, 0.05) is 12.3 Å². The number of carbonyl (C=O) groups is 2. The van der Waals surface area contributed by atoms with E-state index in [-0.39, 0.29) is 10.2 Å². The molecule has 0 aliphatic heterocycles. The number of Topliss-reactive ketones (excluding diaryl/α,β-unsaturated/α-hetero) is 2. The van der Waals surface area contributed by atoms with Crippen LogP contribution in [0.4, 0.5) is 0 Å². The summed E-state index contributed by atoms with van der Waals surface area (Å²) in [6, 6.07) is 0. The first-order chi connectivity index (χ1) is 11.3. The first-order valence-electron chi connectivity index (χ1n) is 9.96. The summed E-state index contributed by atoms with van der Waals surface area (Å²) >= 11 is 3.75. The molecule has 134 valence electrons. The molecule has 8 unspecified atom stereocenters. The zero-order valence-corrected chi connectivity index (χ0v) is 16.9. The number of hydrogen-bond donors (Lipinski definition) is 0. The van der Waals surface area contributed by atoms with Crippen molar-refractivity contribution in [2.45, 2.75) is 77.0 Å². The van der Waals surface area contributed by atoms with Gasteiger partial charge in [0.1, 0.15) is 11.6 Å². The molecule has 4 aliphatic rings. The Bertz CT molecular complexity index is 572. The van der Waals surface area contributed by atoms with Gasteiger partial charge in [0.05, 0.1) is 4.83 Å². The van der Waals surface area contributed by atoms with E-state index in [0.717, 1.165) is 37.0 Å². The average Bonchev–Trinajstić information content (AvgIpc) is 2.89. The van der Waals surface area contributed by atoms with Crippen molar-refractivity contribution >= 4 is 27.5 Å². The Balaban J connectivity index is 1.64. The van der Waals surface area contributed by atoms with Crippen LogP contribution in [0, 0.1) is 40.4 Å². The highest BCUT2D eigenvalue weighted by atomic mass is 79.9. The predicted molar refractivity (Wildman–Crippen MR) is 99.0 cm³/mol. The summed E-state index contributed by atoms with van der Waals surface area (Å²) in [4.78, 5) is 24.5. The van der Waals surface area contributed by atoms with Gasteiger partial charge in [0.2, 0.25) is 0 Å². The Morgan fingerprint density at radius 1 is 0.958 bits per heavy atom. The summed E-state index contributed by atoms with van der Waals surface area (Å²) in [5.74, 6) is 3.93. The van der Waals surface area contributed by atoms with Gasteiger partial charge in [-0.3, -0.25) is 9.59 Å². The number of hydrogen-bond acceptors (Lipinski definition) is 2. The van der Waals surface area contributed by atoms with Crippen molar-refractivity contribution in [1.82, 2.24) is 0 Å². The highest BCUT2D eigenvalue weighted by Gasteiger charge is 2.61. The fourth-order valence-electron chi connectivity index (χ4n) is 7.76. The van der Waals surface area contributed by atoms with E-state index in [2.05, 4.69) is 29.8 Å². The molecule has 8 atom stereocenters. The molecule has 0 heterocycles. The Morgan fingerprint density at radius 3 is 2.33 bits per heavy atom. The molecule has 0 aromatic rings. The largest absolute Gasteiger partial charge is 0.300 e. The van der Waals surface area contributed by atoms with Gasteiger partial charge in [-0.1, -0.05) is 29.8 Å². The molecule has 0 bridgehead atoms. The second-order valence-corrected chi connectivity index (χ2v) is 10.7. The van der Waals surface area contributed by atoms with Gasteiger partial charge < -0.3 is 0 Å². The molecule has 0 spiro atoms. The van der Waals surface area contributed by atoms with Crippen molar-refractivity contribution in [2.24, 2.45) is 40.4 Å². The summed E-state index contributed by atoms with van der Waals surface area (Å²) in [7, 11) is 0. The summed E-state index contributed by atoms with van der Waals surface area (Å²) in [6.45, 7) is 6.71. The average molecular weight is 395 g/mol. The van der Waals surface area contributed by atoms with E-state index < -0.39 is 0 Å². The molecule has 0 aromatic heterocycles. The lowest BCUT2D eigenvalue weighted by atomic mass is 9.44. The molecule has 0 aromatic carbocycles. The maximum Gasteiger partial charge on any atom is 0.146 e. The normalized spacial score (nSPS) is 53.9. The zero-order valence-electron chi connectivity index (χ0n) is 15.3. The summed E-state index contributed by atoms with van der Waals surface area (Å²) in [5.41, 5.74) is 0.565. The molecule has 4 rings (SSSR count). The SMILES string of the molecule is CC(=O)C1CCC2C3CCC4C(Br)C(=O)CCC4(C)C3CCC12C. The molecule has 0 amide bonds. The lowest BCUT2D eigenvalue weighted by Gasteiger charge is -2.61. The highest BCUT2D eigenvalue weighted by molar-refractivity contribution is 9.10. The third-order valence-corrected chi connectivity index (χ3v) is 10.2. The van der Waals surface area contributed by atoms with Crippen LogP contribution in [0.15, 0.2) is 0 Å². The van der Waals surface area contributed by atoms with Crippen LogP contribution in [0.2, 0.25) is 0 Å². The molecule has 0 N–H and O–H groups in total. The monoisotopic (exact) mass is 394 g/mol. The highest BCUT2D eigenvalue weighted by Crippen LogP contribution is 2.67. The molecule has 4 saturated carbocycles. The van der Waals surface area contributed by atoms with E-state index in [9.17, 15) is 9.59 Å². The maximum atomic E-state index is 12.2. The number of alkyl halides is 1. The van der Waals surface area contributed by atoms with Gasteiger partial charge in [0.15, 0.2) is 0 Å².